The van der Waals surface area contributed by atoms with Crippen LogP contribution < -0.4 is 5.30 Å². The fraction of sp³-hybridized carbons (Fsp3) is 0.500. The predicted octanol–water partition coefficient (Wildman–Crippen LogP) is 7.62. The molecule has 0 aliphatic heterocycles. The first-order valence-corrected chi connectivity index (χ1v) is 11.7. The standard InChI is InChI=1S/C24H35P/c1-5-14-21(7-3)25(22(8-4)15-6-2)24-19-13-12-18-23(24)20-16-10-9-11-17-20/h9-13,16-19,21-22H,5-8,14-15H2,1-4H3. The van der Waals surface area contributed by atoms with Gasteiger partial charge in [-0.25, -0.2) is 0 Å². The van der Waals surface area contributed by atoms with Crippen molar-refractivity contribution in [3.8, 4) is 11.1 Å². The van der Waals surface area contributed by atoms with Gasteiger partial charge in [-0.3, -0.25) is 0 Å². The van der Waals surface area contributed by atoms with Crippen LogP contribution in [0.2, 0.25) is 0 Å². The Morgan fingerprint density at radius 3 is 1.72 bits per heavy atom. The van der Waals surface area contributed by atoms with E-state index in [1.54, 1.807) is 5.30 Å². The van der Waals surface area contributed by atoms with Crippen LogP contribution in [0.1, 0.15) is 66.2 Å². The molecule has 0 fully saturated rings. The van der Waals surface area contributed by atoms with Crippen LogP contribution in [-0.2, 0) is 0 Å². The second kappa shape index (κ2) is 10.8. The van der Waals surface area contributed by atoms with Crippen LogP contribution in [0.15, 0.2) is 54.6 Å². The van der Waals surface area contributed by atoms with Crippen LogP contribution in [0.4, 0.5) is 0 Å². The Balaban J connectivity index is 2.53. The van der Waals surface area contributed by atoms with Gasteiger partial charge in [-0.1, -0.05) is 103 Å². The molecule has 0 aliphatic carbocycles. The first-order valence-electron chi connectivity index (χ1n) is 10.2. The fourth-order valence-electron chi connectivity index (χ4n) is 4.00. The third-order valence-electron chi connectivity index (χ3n) is 5.24. The highest BCUT2D eigenvalue weighted by Crippen LogP contribution is 2.53. The maximum Gasteiger partial charge on any atom is -0.0107 e. The zero-order valence-corrected chi connectivity index (χ0v) is 17.4. The highest BCUT2D eigenvalue weighted by molar-refractivity contribution is 7.67. The molecule has 0 heterocycles. The van der Waals surface area contributed by atoms with E-state index in [1.807, 2.05) is 0 Å². The van der Waals surface area contributed by atoms with E-state index in [0.717, 1.165) is 11.3 Å². The fourth-order valence-corrected chi connectivity index (χ4v) is 7.98. The maximum absolute atomic E-state index is 2.44. The Kier molecular flexibility index (Phi) is 8.70. The molecule has 0 bridgehead atoms. The van der Waals surface area contributed by atoms with Crippen LogP contribution in [0.3, 0.4) is 0 Å². The van der Waals surface area contributed by atoms with Crippen molar-refractivity contribution in [2.24, 2.45) is 0 Å². The minimum atomic E-state index is -0.139. The van der Waals surface area contributed by atoms with Gasteiger partial charge in [0.05, 0.1) is 0 Å². The van der Waals surface area contributed by atoms with Crippen LogP contribution in [0, 0.1) is 0 Å². The first kappa shape index (κ1) is 20.2. The Bertz CT molecular complexity index is 591. The Morgan fingerprint density at radius 1 is 0.680 bits per heavy atom. The van der Waals surface area contributed by atoms with Crippen molar-refractivity contribution < 1.29 is 0 Å². The van der Waals surface area contributed by atoms with E-state index >= 15 is 0 Å². The monoisotopic (exact) mass is 354 g/mol. The zero-order chi connectivity index (χ0) is 18.1. The number of rotatable bonds is 10. The minimum Gasteiger partial charge on any atom is -0.0683 e. The van der Waals surface area contributed by atoms with Gasteiger partial charge < -0.3 is 0 Å². The van der Waals surface area contributed by atoms with Crippen LogP contribution in [0.5, 0.6) is 0 Å². The lowest BCUT2D eigenvalue weighted by Gasteiger charge is -2.35. The molecule has 2 atom stereocenters. The maximum atomic E-state index is 2.44. The molecule has 136 valence electrons. The average molecular weight is 355 g/mol. The van der Waals surface area contributed by atoms with E-state index in [9.17, 15) is 0 Å². The molecule has 2 rings (SSSR count). The van der Waals surface area contributed by atoms with Gasteiger partial charge in [0.25, 0.3) is 0 Å². The summed E-state index contributed by atoms with van der Waals surface area (Å²) >= 11 is 0. The molecule has 0 aliphatic rings. The molecule has 25 heavy (non-hydrogen) atoms. The zero-order valence-electron chi connectivity index (χ0n) is 16.5. The summed E-state index contributed by atoms with van der Waals surface area (Å²) in [5.74, 6) is 0. The van der Waals surface area contributed by atoms with Crippen molar-refractivity contribution >= 4 is 13.2 Å². The second-order valence-electron chi connectivity index (χ2n) is 6.99. The van der Waals surface area contributed by atoms with Crippen LogP contribution in [0.25, 0.3) is 11.1 Å². The summed E-state index contributed by atoms with van der Waals surface area (Å²) in [4.78, 5) is 0. The molecular weight excluding hydrogens is 319 g/mol. The van der Waals surface area contributed by atoms with Crippen molar-refractivity contribution in [2.45, 2.75) is 77.5 Å². The molecule has 2 aromatic carbocycles. The SMILES string of the molecule is CCCC(CC)P(c1ccccc1-c1ccccc1)C(CC)CCC. The molecule has 0 nitrogen and oxygen atoms in total. The Hall–Kier alpha value is -1.13. The second-order valence-corrected chi connectivity index (χ2v) is 9.75. The van der Waals surface area contributed by atoms with Gasteiger partial charge in [0.2, 0.25) is 0 Å². The quantitative estimate of drug-likeness (QED) is 0.385. The molecule has 0 aromatic heterocycles. The number of benzene rings is 2. The highest BCUT2D eigenvalue weighted by atomic mass is 31.1. The lowest BCUT2D eigenvalue weighted by atomic mass is 10.1. The van der Waals surface area contributed by atoms with Crippen molar-refractivity contribution in [1.82, 2.24) is 0 Å². The summed E-state index contributed by atoms with van der Waals surface area (Å²) in [6.45, 7) is 9.50. The normalized spacial score (nSPS) is 14.9. The summed E-state index contributed by atoms with van der Waals surface area (Å²) in [6.07, 6.45) is 7.95. The van der Waals surface area contributed by atoms with Crippen molar-refractivity contribution in [2.75, 3.05) is 0 Å². The van der Waals surface area contributed by atoms with Crippen LogP contribution in [-0.4, -0.2) is 11.3 Å². The van der Waals surface area contributed by atoms with E-state index < -0.39 is 0 Å². The Morgan fingerprint density at radius 2 is 1.20 bits per heavy atom. The smallest absolute Gasteiger partial charge is 0.0107 e. The summed E-state index contributed by atoms with van der Waals surface area (Å²) in [7, 11) is -0.139. The molecule has 0 radical (unpaired) electrons. The largest absolute Gasteiger partial charge is 0.0683 e. The molecule has 0 saturated carbocycles. The molecule has 0 N–H and O–H groups in total. The van der Waals surface area contributed by atoms with Gasteiger partial charge in [0.1, 0.15) is 0 Å². The van der Waals surface area contributed by atoms with Gasteiger partial charge in [0, 0.05) is 0 Å². The summed E-state index contributed by atoms with van der Waals surface area (Å²) in [5, 5.41) is 1.64. The molecule has 2 unspecified atom stereocenters. The highest BCUT2D eigenvalue weighted by Gasteiger charge is 2.29. The third kappa shape index (κ3) is 5.18. The topological polar surface area (TPSA) is 0 Å². The summed E-state index contributed by atoms with van der Waals surface area (Å²) < 4.78 is 0. The van der Waals surface area contributed by atoms with Gasteiger partial charge in [0.15, 0.2) is 0 Å². The number of hydrogen-bond acceptors (Lipinski definition) is 0. The lowest BCUT2D eigenvalue weighted by Crippen LogP contribution is -2.23. The lowest BCUT2D eigenvalue weighted by molar-refractivity contribution is 0.671. The van der Waals surface area contributed by atoms with Crippen molar-refractivity contribution in [3.05, 3.63) is 54.6 Å². The third-order valence-corrected chi connectivity index (χ3v) is 9.01. The van der Waals surface area contributed by atoms with Crippen molar-refractivity contribution in [1.29, 1.82) is 0 Å². The van der Waals surface area contributed by atoms with E-state index in [2.05, 4.69) is 82.3 Å². The Labute approximate surface area is 156 Å². The number of hydrogen-bond donors (Lipinski definition) is 0. The van der Waals surface area contributed by atoms with Gasteiger partial charge in [-0.15, -0.1) is 0 Å². The molecule has 1 heteroatoms. The van der Waals surface area contributed by atoms with E-state index in [4.69, 9.17) is 0 Å². The molecule has 0 spiro atoms. The summed E-state index contributed by atoms with van der Waals surface area (Å²) in [6, 6.07) is 20.2. The molecule has 0 saturated heterocycles. The van der Waals surface area contributed by atoms with Gasteiger partial charge in [-0.05, 0) is 53.4 Å². The molecule has 2 aromatic rings. The molecule has 0 amide bonds. The molecular formula is C24H35P. The van der Waals surface area contributed by atoms with Crippen LogP contribution >= 0.6 is 7.92 Å². The predicted molar refractivity (Wildman–Crippen MR) is 116 cm³/mol. The van der Waals surface area contributed by atoms with Gasteiger partial charge >= 0.3 is 0 Å². The van der Waals surface area contributed by atoms with E-state index in [-0.39, 0.29) is 7.92 Å². The van der Waals surface area contributed by atoms with E-state index in [1.165, 1.54) is 49.7 Å². The van der Waals surface area contributed by atoms with E-state index in [0.29, 0.717) is 0 Å². The first-order chi connectivity index (χ1) is 12.3. The van der Waals surface area contributed by atoms with Gasteiger partial charge in [-0.2, -0.15) is 0 Å². The average Bonchev–Trinajstić information content (AvgIpc) is 2.67. The summed E-state index contributed by atoms with van der Waals surface area (Å²) in [5.41, 5.74) is 4.55. The minimum absolute atomic E-state index is 0.139. The van der Waals surface area contributed by atoms with Crippen molar-refractivity contribution in [3.63, 3.8) is 0 Å².